The topological polar surface area (TPSA) is 51.2 Å². The van der Waals surface area contributed by atoms with Gasteiger partial charge < -0.3 is 10.1 Å². The summed E-state index contributed by atoms with van der Waals surface area (Å²) in [6, 6.07) is 16.1. The molecule has 0 radical (unpaired) electrons. The van der Waals surface area contributed by atoms with Crippen LogP contribution in [0.25, 0.3) is 10.2 Å². The third-order valence-corrected chi connectivity index (χ3v) is 6.33. The smallest absolute Gasteiger partial charge is 0.224 e. The predicted molar refractivity (Wildman–Crippen MR) is 118 cm³/mol. The van der Waals surface area contributed by atoms with Crippen LogP contribution in [0.5, 0.6) is 5.75 Å². The van der Waals surface area contributed by atoms with Crippen molar-refractivity contribution < 1.29 is 9.53 Å². The highest BCUT2D eigenvalue weighted by Gasteiger charge is 2.32. The van der Waals surface area contributed by atoms with Crippen LogP contribution in [0.2, 0.25) is 0 Å². The molecule has 150 valence electrons. The summed E-state index contributed by atoms with van der Waals surface area (Å²) < 4.78 is 6.86. The maximum absolute atomic E-state index is 13.0. The second kappa shape index (κ2) is 8.78. The van der Waals surface area contributed by atoms with Crippen LogP contribution < -0.4 is 10.1 Å². The fourth-order valence-electron chi connectivity index (χ4n) is 3.70. The van der Waals surface area contributed by atoms with E-state index in [-0.39, 0.29) is 23.8 Å². The number of benzene rings is 2. The Balaban J connectivity index is 1.43. The van der Waals surface area contributed by atoms with Gasteiger partial charge in [-0.25, -0.2) is 4.98 Å². The van der Waals surface area contributed by atoms with Gasteiger partial charge in [0.2, 0.25) is 5.91 Å². The average Bonchev–Trinajstić information content (AvgIpc) is 3.17. The van der Waals surface area contributed by atoms with E-state index in [0.717, 1.165) is 34.7 Å². The number of carbonyl (C=O) groups is 1. The number of nitrogens with one attached hydrogen (secondary N) is 1. The molecule has 1 heterocycles. The Kier molecular flexibility index (Phi) is 5.95. The zero-order valence-corrected chi connectivity index (χ0v) is 17.6. The Morgan fingerprint density at radius 1 is 1.14 bits per heavy atom. The number of ether oxygens (including phenoxy) is 1. The molecule has 2 aromatic carbocycles. The molecular weight excluding hydrogens is 380 g/mol. The van der Waals surface area contributed by atoms with Crippen LogP contribution in [-0.2, 0) is 11.3 Å². The molecular formula is C24H26N2O2S. The normalized spacial score (nSPS) is 18.9. The molecule has 0 bridgehead atoms. The van der Waals surface area contributed by atoms with E-state index in [1.807, 2.05) is 56.3 Å². The number of carbonyl (C=O) groups excluding carboxylic acids is 1. The van der Waals surface area contributed by atoms with E-state index in [4.69, 9.17) is 9.72 Å². The minimum absolute atomic E-state index is 0.0795. The zero-order valence-electron chi connectivity index (χ0n) is 16.8. The van der Waals surface area contributed by atoms with Crippen LogP contribution in [0, 0.1) is 5.92 Å². The van der Waals surface area contributed by atoms with Gasteiger partial charge in [0.1, 0.15) is 5.75 Å². The number of thiazole rings is 1. The molecule has 3 aromatic rings. The first-order chi connectivity index (χ1) is 14.1. The molecule has 0 fully saturated rings. The summed E-state index contributed by atoms with van der Waals surface area (Å²) in [5.41, 5.74) is 2.09. The molecule has 1 amide bonds. The molecule has 0 spiro atoms. The van der Waals surface area contributed by atoms with Crippen molar-refractivity contribution in [3.05, 3.63) is 71.3 Å². The highest BCUT2D eigenvalue weighted by Crippen LogP contribution is 2.38. The molecule has 0 aliphatic heterocycles. The number of rotatable bonds is 6. The highest BCUT2D eigenvalue weighted by molar-refractivity contribution is 7.18. The van der Waals surface area contributed by atoms with Crippen LogP contribution in [0.15, 0.2) is 60.7 Å². The highest BCUT2D eigenvalue weighted by atomic mass is 32.1. The quantitative estimate of drug-likeness (QED) is 0.554. The van der Waals surface area contributed by atoms with Gasteiger partial charge in [-0.3, -0.25) is 4.79 Å². The molecule has 0 saturated heterocycles. The van der Waals surface area contributed by atoms with Crippen molar-refractivity contribution in [2.24, 2.45) is 5.92 Å². The maximum atomic E-state index is 13.0. The number of para-hydroxylation sites is 1. The lowest BCUT2D eigenvalue weighted by atomic mass is 9.82. The Labute approximate surface area is 175 Å². The molecule has 0 saturated carbocycles. The zero-order chi connectivity index (χ0) is 20.2. The second-order valence-corrected chi connectivity index (χ2v) is 8.77. The van der Waals surface area contributed by atoms with E-state index in [1.54, 1.807) is 11.3 Å². The van der Waals surface area contributed by atoms with Gasteiger partial charge in [-0.05, 0) is 56.5 Å². The lowest BCUT2D eigenvalue weighted by Crippen LogP contribution is -2.34. The lowest BCUT2D eigenvalue weighted by molar-refractivity contribution is -0.125. The average molecular weight is 407 g/mol. The number of fused-ring (bicyclic) bond motifs is 1. The molecule has 29 heavy (non-hydrogen) atoms. The van der Waals surface area contributed by atoms with E-state index < -0.39 is 0 Å². The summed E-state index contributed by atoms with van der Waals surface area (Å²) >= 11 is 1.71. The summed E-state index contributed by atoms with van der Waals surface area (Å²) in [5.74, 6) is 1.01. The van der Waals surface area contributed by atoms with Crippen molar-refractivity contribution in [1.82, 2.24) is 10.3 Å². The number of amides is 1. The number of allylic oxidation sites excluding steroid dienone is 2. The Morgan fingerprint density at radius 2 is 1.90 bits per heavy atom. The Bertz CT molecular complexity index is 974. The van der Waals surface area contributed by atoms with Gasteiger partial charge in [-0.2, -0.15) is 0 Å². The first-order valence-corrected chi connectivity index (χ1v) is 11.0. The van der Waals surface area contributed by atoms with Crippen LogP contribution in [0.1, 0.15) is 43.2 Å². The summed E-state index contributed by atoms with van der Waals surface area (Å²) in [5, 5.41) is 4.19. The molecule has 2 atom stereocenters. The number of hydrogen-bond acceptors (Lipinski definition) is 4. The van der Waals surface area contributed by atoms with Crippen LogP contribution >= 0.6 is 11.3 Å². The molecule has 1 aliphatic carbocycles. The van der Waals surface area contributed by atoms with Gasteiger partial charge in [-0.1, -0.05) is 36.4 Å². The minimum Gasteiger partial charge on any atom is -0.491 e. The first kappa shape index (κ1) is 19.6. The largest absolute Gasteiger partial charge is 0.491 e. The van der Waals surface area contributed by atoms with E-state index in [9.17, 15) is 4.79 Å². The van der Waals surface area contributed by atoms with Gasteiger partial charge in [0, 0.05) is 12.5 Å². The van der Waals surface area contributed by atoms with Gasteiger partial charge in [-0.15, -0.1) is 11.3 Å². The molecule has 1 aromatic heterocycles. The van der Waals surface area contributed by atoms with E-state index in [2.05, 4.69) is 23.5 Å². The van der Waals surface area contributed by atoms with E-state index in [1.165, 1.54) is 4.70 Å². The molecule has 2 unspecified atom stereocenters. The third-order valence-electron chi connectivity index (χ3n) is 5.16. The van der Waals surface area contributed by atoms with E-state index >= 15 is 0 Å². The van der Waals surface area contributed by atoms with Gasteiger partial charge >= 0.3 is 0 Å². The van der Waals surface area contributed by atoms with Crippen LogP contribution in [-0.4, -0.2) is 17.0 Å². The van der Waals surface area contributed by atoms with Crippen LogP contribution in [0.4, 0.5) is 0 Å². The summed E-state index contributed by atoms with van der Waals surface area (Å²) in [4.78, 5) is 17.8. The van der Waals surface area contributed by atoms with Gasteiger partial charge in [0.15, 0.2) is 0 Å². The van der Waals surface area contributed by atoms with Crippen LogP contribution in [0.3, 0.4) is 0 Å². The van der Waals surface area contributed by atoms with Crippen molar-refractivity contribution in [2.45, 2.75) is 45.3 Å². The standard InChI is InChI=1S/C24H26N2O2S/c1-16(2)28-18-13-11-17(12-14-18)15-25-23(27)19-7-3-4-8-20(19)24-26-21-9-5-6-10-22(21)29-24/h3-6,9-14,16,19-20H,7-8,15H2,1-2H3,(H,25,27). The number of hydrogen-bond donors (Lipinski definition) is 1. The van der Waals surface area contributed by atoms with Crippen molar-refractivity contribution >= 4 is 27.5 Å². The second-order valence-electron chi connectivity index (χ2n) is 7.70. The predicted octanol–water partition coefficient (Wildman–Crippen LogP) is 5.45. The molecule has 4 rings (SSSR count). The molecule has 1 N–H and O–H groups in total. The minimum atomic E-state index is -0.0795. The lowest BCUT2D eigenvalue weighted by Gasteiger charge is -2.26. The third kappa shape index (κ3) is 4.67. The van der Waals surface area contributed by atoms with Crippen molar-refractivity contribution in [3.63, 3.8) is 0 Å². The van der Waals surface area contributed by atoms with Crippen molar-refractivity contribution in [1.29, 1.82) is 0 Å². The molecule has 1 aliphatic rings. The summed E-state index contributed by atoms with van der Waals surface area (Å²) in [7, 11) is 0. The summed E-state index contributed by atoms with van der Waals surface area (Å²) in [6.07, 6.45) is 6.06. The fourth-order valence-corrected chi connectivity index (χ4v) is 4.85. The maximum Gasteiger partial charge on any atom is 0.224 e. The Hall–Kier alpha value is -2.66. The first-order valence-electron chi connectivity index (χ1n) is 10.1. The fraction of sp³-hybridized carbons (Fsp3) is 0.333. The number of nitrogens with zero attached hydrogens (tertiary/aromatic N) is 1. The van der Waals surface area contributed by atoms with E-state index in [0.29, 0.717) is 6.54 Å². The van der Waals surface area contributed by atoms with Gasteiger partial charge in [0.25, 0.3) is 0 Å². The Morgan fingerprint density at radius 3 is 2.66 bits per heavy atom. The molecule has 4 nitrogen and oxygen atoms in total. The summed E-state index contributed by atoms with van der Waals surface area (Å²) in [6.45, 7) is 4.54. The monoisotopic (exact) mass is 406 g/mol. The van der Waals surface area contributed by atoms with Gasteiger partial charge in [0.05, 0.1) is 27.2 Å². The van der Waals surface area contributed by atoms with Crippen molar-refractivity contribution in [2.75, 3.05) is 0 Å². The van der Waals surface area contributed by atoms with Crippen molar-refractivity contribution in [3.8, 4) is 5.75 Å². The number of aromatic nitrogens is 1. The molecule has 5 heteroatoms. The SMILES string of the molecule is CC(C)Oc1ccc(CNC(=O)C2CC=CCC2c2nc3ccccc3s2)cc1.